The molecule has 0 bridgehead atoms. The van der Waals surface area contributed by atoms with Crippen LogP contribution in [0, 0.1) is 5.41 Å². The van der Waals surface area contributed by atoms with Gasteiger partial charge in [-0.25, -0.2) is 4.98 Å². The highest BCUT2D eigenvalue weighted by Gasteiger charge is 2.37. The zero-order valence-electron chi connectivity index (χ0n) is 13.3. The standard InChI is InChI=1S/C17H18N4O2S/c1-2-17(10-23-11-17)9-21-7-13(19-20-21)14-8-24-16(18-14)12-5-3-4-6-15(12)22/h3-8,22H,2,9-11H2,1H3. The van der Waals surface area contributed by atoms with E-state index in [1.165, 1.54) is 11.3 Å². The molecular formula is C17H18N4O2S. The normalized spacial score (nSPS) is 16.0. The van der Waals surface area contributed by atoms with Crippen LogP contribution in [-0.2, 0) is 11.3 Å². The summed E-state index contributed by atoms with van der Waals surface area (Å²) >= 11 is 1.49. The third kappa shape index (κ3) is 2.70. The maximum absolute atomic E-state index is 9.96. The maximum atomic E-state index is 9.96. The van der Waals surface area contributed by atoms with Gasteiger partial charge in [-0.1, -0.05) is 24.3 Å². The van der Waals surface area contributed by atoms with Crippen LogP contribution in [0.2, 0.25) is 0 Å². The van der Waals surface area contributed by atoms with E-state index in [-0.39, 0.29) is 11.2 Å². The van der Waals surface area contributed by atoms with Gasteiger partial charge >= 0.3 is 0 Å². The number of hydrogen-bond donors (Lipinski definition) is 1. The van der Waals surface area contributed by atoms with E-state index in [0.29, 0.717) is 0 Å². The van der Waals surface area contributed by atoms with Crippen molar-refractivity contribution < 1.29 is 9.84 Å². The Kier molecular flexibility index (Phi) is 3.82. The number of para-hydroxylation sites is 1. The molecule has 1 fully saturated rings. The van der Waals surface area contributed by atoms with Gasteiger partial charge < -0.3 is 9.84 Å². The molecule has 4 rings (SSSR count). The first-order valence-corrected chi connectivity index (χ1v) is 8.79. The van der Waals surface area contributed by atoms with Gasteiger partial charge in [-0.3, -0.25) is 4.68 Å². The Hall–Kier alpha value is -2.25. The second kappa shape index (κ2) is 5.99. The zero-order valence-corrected chi connectivity index (χ0v) is 14.2. The molecule has 7 heteroatoms. The highest BCUT2D eigenvalue weighted by molar-refractivity contribution is 7.13. The van der Waals surface area contributed by atoms with Crippen LogP contribution in [0.25, 0.3) is 22.0 Å². The molecule has 6 nitrogen and oxygen atoms in total. The fourth-order valence-corrected chi connectivity index (χ4v) is 3.65. The summed E-state index contributed by atoms with van der Waals surface area (Å²) in [7, 11) is 0. The van der Waals surface area contributed by atoms with Crippen molar-refractivity contribution in [2.24, 2.45) is 5.41 Å². The van der Waals surface area contributed by atoms with Crippen molar-refractivity contribution in [3.05, 3.63) is 35.8 Å². The second-order valence-electron chi connectivity index (χ2n) is 6.20. The monoisotopic (exact) mass is 342 g/mol. The van der Waals surface area contributed by atoms with Crippen molar-refractivity contribution in [1.29, 1.82) is 0 Å². The minimum absolute atomic E-state index is 0.189. The Morgan fingerprint density at radius 3 is 2.83 bits per heavy atom. The molecule has 1 saturated heterocycles. The van der Waals surface area contributed by atoms with Crippen LogP contribution in [0.15, 0.2) is 35.8 Å². The fourth-order valence-electron chi connectivity index (χ4n) is 2.80. The molecule has 0 atom stereocenters. The predicted octanol–water partition coefficient (Wildman–Crippen LogP) is 3.20. The van der Waals surface area contributed by atoms with Crippen molar-refractivity contribution in [2.45, 2.75) is 19.9 Å². The van der Waals surface area contributed by atoms with Crippen molar-refractivity contribution in [3.63, 3.8) is 0 Å². The highest BCUT2D eigenvalue weighted by Crippen LogP contribution is 2.35. The van der Waals surface area contributed by atoms with E-state index in [9.17, 15) is 5.11 Å². The van der Waals surface area contributed by atoms with Crippen LogP contribution in [0.1, 0.15) is 13.3 Å². The summed E-state index contributed by atoms with van der Waals surface area (Å²) in [5, 5.41) is 21.2. The smallest absolute Gasteiger partial charge is 0.132 e. The molecule has 1 aliphatic rings. The van der Waals surface area contributed by atoms with Gasteiger partial charge in [0.25, 0.3) is 0 Å². The van der Waals surface area contributed by atoms with Gasteiger partial charge in [-0.05, 0) is 18.6 Å². The number of phenolic OH excluding ortho intramolecular Hbond substituents is 1. The van der Waals surface area contributed by atoms with Crippen LogP contribution in [0.4, 0.5) is 0 Å². The molecule has 0 radical (unpaired) electrons. The van der Waals surface area contributed by atoms with Crippen LogP contribution < -0.4 is 0 Å². The zero-order chi connectivity index (χ0) is 16.6. The fraction of sp³-hybridized carbons (Fsp3) is 0.353. The molecule has 24 heavy (non-hydrogen) atoms. The van der Waals surface area contributed by atoms with Gasteiger partial charge in [0.2, 0.25) is 0 Å². The van der Waals surface area contributed by atoms with Gasteiger partial charge in [-0.2, -0.15) is 0 Å². The van der Waals surface area contributed by atoms with E-state index in [1.807, 2.05) is 28.4 Å². The van der Waals surface area contributed by atoms with Gasteiger partial charge in [0.15, 0.2) is 0 Å². The van der Waals surface area contributed by atoms with Gasteiger partial charge in [0.05, 0.1) is 31.5 Å². The molecule has 0 spiro atoms. The molecular weight excluding hydrogens is 324 g/mol. The molecule has 1 aromatic carbocycles. The lowest BCUT2D eigenvalue weighted by Gasteiger charge is -2.40. The second-order valence-corrected chi connectivity index (χ2v) is 7.06. The van der Waals surface area contributed by atoms with Crippen molar-refractivity contribution in [3.8, 4) is 27.7 Å². The van der Waals surface area contributed by atoms with E-state index < -0.39 is 0 Å². The predicted molar refractivity (Wildman–Crippen MR) is 91.8 cm³/mol. The molecule has 0 unspecified atom stereocenters. The third-order valence-electron chi connectivity index (χ3n) is 4.50. The number of phenols is 1. The van der Waals surface area contributed by atoms with E-state index >= 15 is 0 Å². The number of aromatic hydroxyl groups is 1. The molecule has 0 aliphatic carbocycles. The van der Waals surface area contributed by atoms with E-state index in [2.05, 4.69) is 22.2 Å². The van der Waals surface area contributed by atoms with Crippen LogP contribution >= 0.6 is 11.3 Å². The number of ether oxygens (including phenoxy) is 1. The summed E-state index contributed by atoms with van der Waals surface area (Å²) in [6.45, 7) is 4.56. The Labute approximate surface area is 143 Å². The first-order valence-electron chi connectivity index (χ1n) is 7.91. The number of aromatic nitrogens is 4. The van der Waals surface area contributed by atoms with E-state index in [1.54, 1.807) is 12.1 Å². The van der Waals surface area contributed by atoms with Crippen LogP contribution in [-0.4, -0.2) is 38.3 Å². The van der Waals surface area contributed by atoms with Crippen LogP contribution in [0.3, 0.4) is 0 Å². The average molecular weight is 342 g/mol. The largest absolute Gasteiger partial charge is 0.507 e. The summed E-state index contributed by atoms with van der Waals surface area (Å²) in [4.78, 5) is 4.59. The SMILES string of the molecule is CCC1(Cn2cc(-c3csc(-c4ccccc4O)n3)nn2)COC1. The quantitative estimate of drug-likeness (QED) is 0.771. The maximum Gasteiger partial charge on any atom is 0.132 e. The summed E-state index contributed by atoms with van der Waals surface area (Å²) in [6.07, 6.45) is 3.00. The molecule has 0 amide bonds. The highest BCUT2D eigenvalue weighted by atomic mass is 32.1. The Bertz CT molecular complexity index is 848. The van der Waals surface area contributed by atoms with Gasteiger partial charge in [0, 0.05) is 10.8 Å². The summed E-state index contributed by atoms with van der Waals surface area (Å²) in [5.74, 6) is 0.233. The lowest BCUT2D eigenvalue weighted by atomic mass is 9.83. The first kappa shape index (κ1) is 15.3. The average Bonchev–Trinajstić information content (AvgIpc) is 3.20. The summed E-state index contributed by atoms with van der Waals surface area (Å²) in [5.41, 5.74) is 2.45. The van der Waals surface area contributed by atoms with Crippen LogP contribution in [0.5, 0.6) is 5.75 Å². The Morgan fingerprint density at radius 1 is 1.29 bits per heavy atom. The number of rotatable bonds is 5. The molecule has 3 aromatic rings. The third-order valence-corrected chi connectivity index (χ3v) is 5.38. The van der Waals surface area contributed by atoms with Gasteiger partial charge in [0.1, 0.15) is 22.1 Å². The molecule has 0 saturated carbocycles. The van der Waals surface area contributed by atoms with Crippen molar-refractivity contribution in [2.75, 3.05) is 13.2 Å². The minimum atomic E-state index is 0.189. The number of benzene rings is 1. The molecule has 124 valence electrons. The molecule has 1 N–H and O–H groups in total. The topological polar surface area (TPSA) is 73.1 Å². The Morgan fingerprint density at radius 2 is 2.12 bits per heavy atom. The summed E-state index contributed by atoms with van der Waals surface area (Å²) in [6, 6.07) is 7.21. The lowest BCUT2D eigenvalue weighted by molar-refractivity contribution is -0.125. The molecule has 1 aliphatic heterocycles. The number of nitrogens with zero attached hydrogens (tertiary/aromatic N) is 4. The minimum Gasteiger partial charge on any atom is -0.507 e. The van der Waals surface area contributed by atoms with Crippen molar-refractivity contribution >= 4 is 11.3 Å². The lowest BCUT2D eigenvalue weighted by Crippen LogP contribution is -2.45. The number of thiazole rings is 1. The molecule has 3 heterocycles. The number of hydrogen-bond acceptors (Lipinski definition) is 6. The summed E-state index contributed by atoms with van der Waals surface area (Å²) < 4.78 is 7.24. The molecule has 2 aromatic heterocycles. The van der Waals surface area contributed by atoms with E-state index in [4.69, 9.17) is 4.74 Å². The van der Waals surface area contributed by atoms with Crippen molar-refractivity contribution in [1.82, 2.24) is 20.0 Å². The van der Waals surface area contributed by atoms with Gasteiger partial charge in [-0.15, -0.1) is 16.4 Å². The first-order chi connectivity index (χ1) is 11.7. The van der Waals surface area contributed by atoms with E-state index in [0.717, 1.165) is 48.1 Å². The Balaban J connectivity index is 1.56.